The summed E-state index contributed by atoms with van der Waals surface area (Å²) >= 11 is 0.821. The quantitative estimate of drug-likeness (QED) is 0.605. The van der Waals surface area contributed by atoms with Crippen LogP contribution in [0.3, 0.4) is 0 Å². The molecule has 0 spiro atoms. The van der Waals surface area contributed by atoms with Gasteiger partial charge in [-0.05, 0) is 36.9 Å². The molecular formula is C11H9N2O4S-. The number of aliphatic carboxylic acids is 1. The second-order valence-corrected chi connectivity index (χ2v) is 4.43. The summed E-state index contributed by atoms with van der Waals surface area (Å²) in [6.45, 7) is 3.39. The second kappa shape index (κ2) is 5.09. The van der Waals surface area contributed by atoms with Gasteiger partial charge in [-0.3, -0.25) is 0 Å². The number of furan rings is 1. The highest BCUT2D eigenvalue weighted by Crippen LogP contribution is 2.27. The van der Waals surface area contributed by atoms with Crippen molar-refractivity contribution in [3.05, 3.63) is 34.4 Å². The summed E-state index contributed by atoms with van der Waals surface area (Å²) < 4.78 is 10.3. The molecule has 0 amide bonds. The highest BCUT2D eigenvalue weighted by Gasteiger charge is 2.09. The minimum absolute atomic E-state index is 0.0620. The first-order chi connectivity index (χ1) is 8.54. The van der Waals surface area contributed by atoms with Gasteiger partial charge in [-0.25, -0.2) is 0 Å². The molecule has 0 atom stereocenters. The van der Waals surface area contributed by atoms with Crippen LogP contribution in [0.5, 0.6) is 0 Å². The highest BCUT2D eigenvalue weighted by molar-refractivity contribution is 8.03. The summed E-state index contributed by atoms with van der Waals surface area (Å²) in [4.78, 5) is 10.9. The number of thioether (sulfide) groups is 1. The molecule has 6 nitrogen and oxygen atoms in total. The number of carboxylic acids is 1. The Hall–Kier alpha value is -2.02. The van der Waals surface area contributed by atoms with Crippen molar-refractivity contribution in [2.75, 3.05) is 0 Å². The third-order valence-electron chi connectivity index (χ3n) is 1.94. The lowest BCUT2D eigenvalue weighted by Gasteiger charge is -2.03. The molecule has 0 N–H and O–H groups in total. The zero-order valence-corrected chi connectivity index (χ0v) is 10.5. The highest BCUT2D eigenvalue weighted by atomic mass is 32.2. The molecule has 7 heteroatoms. The van der Waals surface area contributed by atoms with E-state index in [0.717, 1.165) is 11.8 Å². The molecule has 2 rings (SSSR count). The first-order valence-corrected chi connectivity index (χ1v) is 5.83. The predicted octanol–water partition coefficient (Wildman–Crippen LogP) is 1.16. The number of hydrogen-bond donors (Lipinski definition) is 0. The van der Waals surface area contributed by atoms with Crippen LogP contribution in [0, 0.1) is 13.8 Å². The van der Waals surface area contributed by atoms with E-state index in [1.165, 1.54) is 6.08 Å². The Morgan fingerprint density at radius 1 is 1.33 bits per heavy atom. The number of rotatable bonds is 4. The summed E-state index contributed by atoms with van der Waals surface area (Å²) in [6, 6.07) is 3.40. The number of carboxylic acid groups (broad SMARTS) is 1. The van der Waals surface area contributed by atoms with Gasteiger partial charge in [-0.1, -0.05) is 0 Å². The van der Waals surface area contributed by atoms with Gasteiger partial charge < -0.3 is 18.7 Å². The number of carbonyl (C=O) groups excluding carboxylic acids is 1. The van der Waals surface area contributed by atoms with Crippen LogP contribution in [0.25, 0.3) is 6.08 Å². The van der Waals surface area contributed by atoms with E-state index in [-0.39, 0.29) is 10.1 Å². The summed E-state index contributed by atoms with van der Waals surface area (Å²) in [5, 5.41) is 18.4. The van der Waals surface area contributed by atoms with Gasteiger partial charge in [-0.15, -0.1) is 10.2 Å². The van der Waals surface area contributed by atoms with Crippen molar-refractivity contribution in [2.24, 2.45) is 0 Å². The van der Waals surface area contributed by atoms with Gasteiger partial charge in [0, 0.05) is 11.8 Å². The second-order valence-electron chi connectivity index (χ2n) is 3.43. The van der Waals surface area contributed by atoms with Gasteiger partial charge >= 0.3 is 0 Å². The van der Waals surface area contributed by atoms with E-state index in [4.69, 9.17) is 8.83 Å². The maximum absolute atomic E-state index is 11.0. The van der Waals surface area contributed by atoms with Crippen molar-refractivity contribution >= 4 is 23.8 Å². The Kier molecular flexibility index (Phi) is 3.52. The lowest BCUT2D eigenvalue weighted by molar-refractivity contribution is -0.298. The molecule has 0 saturated carbocycles. The molecule has 0 radical (unpaired) electrons. The third-order valence-corrected chi connectivity index (χ3v) is 2.78. The molecule has 0 aliphatic rings. The van der Waals surface area contributed by atoms with Crippen molar-refractivity contribution in [3.8, 4) is 0 Å². The smallest absolute Gasteiger partial charge is 0.281 e. The van der Waals surface area contributed by atoms with Crippen molar-refractivity contribution in [2.45, 2.75) is 19.1 Å². The van der Waals surface area contributed by atoms with E-state index in [1.54, 1.807) is 26.0 Å². The number of hydrogen-bond acceptors (Lipinski definition) is 7. The Morgan fingerprint density at radius 3 is 2.61 bits per heavy atom. The van der Waals surface area contributed by atoms with E-state index >= 15 is 0 Å². The van der Waals surface area contributed by atoms with Crippen LogP contribution in [0.4, 0.5) is 0 Å². The maximum atomic E-state index is 11.0. The molecular weight excluding hydrogens is 256 g/mol. The van der Waals surface area contributed by atoms with E-state index in [1.807, 2.05) is 0 Å². The third kappa shape index (κ3) is 3.01. The normalized spacial score (nSPS) is 11.8. The van der Waals surface area contributed by atoms with Crippen molar-refractivity contribution in [3.63, 3.8) is 0 Å². The maximum Gasteiger partial charge on any atom is 0.281 e. The van der Waals surface area contributed by atoms with E-state index in [9.17, 15) is 9.90 Å². The summed E-state index contributed by atoms with van der Waals surface area (Å²) in [6.07, 6.45) is 1.35. The molecule has 0 saturated heterocycles. The molecule has 0 bridgehead atoms. The number of aromatic nitrogens is 2. The van der Waals surface area contributed by atoms with Gasteiger partial charge in [0.25, 0.3) is 5.22 Å². The standard InChI is InChI=1S/C11H10N2O4S/c1-6-3-4-8(16-6)5-9(10(14)15)18-11-13-12-7(2)17-11/h3-5H,1-2H3,(H,14,15)/p-1/b9-5+. The van der Waals surface area contributed by atoms with E-state index in [0.29, 0.717) is 17.4 Å². The molecule has 0 aliphatic carbocycles. The van der Waals surface area contributed by atoms with E-state index < -0.39 is 5.97 Å². The Balaban J connectivity index is 2.23. The minimum Gasteiger partial charge on any atom is -0.544 e. The molecule has 2 heterocycles. The average molecular weight is 265 g/mol. The fourth-order valence-electron chi connectivity index (χ4n) is 1.20. The Morgan fingerprint density at radius 2 is 2.11 bits per heavy atom. The van der Waals surface area contributed by atoms with E-state index in [2.05, 4.69) is 10.2 Å². The van der Waals surface area contributed by atoms with Crippen LogP contribution in [-0.4, -0.2) is 16.2 Å². The summed E-state index contributed by atoms with van der Waals surface area (Å²) in [5.41, 5.74) is 0. The molecule has 2 aromatic heterocycles. The molecule has 0 aromatic carbocycles. The van der Waals surface area contributed by atoms with Crippen molar-refractivity contribution < 1.29 is 18.7 Å². The lowest BCUT2D eigenvalue weighted by Crippen LogP contribution is -2.22. The van der Waals surface area contributed by atoms with Crippen molar-refractivity contribution in [1.82, 2.24) is 10.2 Å². The SMILES string of the molecule is Cc1ccc(/C=C(/Sc2nnc(C)o2)C(=O)[O-])o1. The fourth-order valence-corrected chi connectivity index (χ4v) is 1.89. The Bertz CT molecular complexity index is 600. The van der Waals surface area contributed by atoms with Gasteiger partial charge in [0.05, 0.1) is 5.97 Å². The lowest BCUT2D eigenvalue weighted by atomic mass is 10.4. The Labute approximate surface area is 107 Å². The topological polar surface area (TPSA) is 92.2 Å². The summed E-state index contributed by atoms with van der Waals surface area (Å²) in [5.74, 6) is 0.155. The van der Waals surface area contributed by atoms with Crippen molar-refractivity contribution in [1.29, 1.82) is 0 Å². The number of carbonyl (C=O) groups is 1. The van der Waals surface area contributed by atoms with Crippen LogP contribution >= 0.6 is 11.8 Å². The zero-order chi connectivity index (χ0) is 13.1. The molecule has 94 valence electrons. The van der Waals surface area contributed by atoms with Gasteiger partial charge in [0.15, 0.2) is 0 Å². The number of nitrogens with zero attached hydrogens (tertiary/aromatic N) is 2. The zero-order valence-electron chi connectivity index (χ0n) is 9.67. The average Bonchev–Trinajstić information content (AvgIpc) is 2.87. The fraction of sp³-hybridized carbons (Fsp3) is 0.182. The molecule has 0 aliphatic heterocycles. The number of aryl methyl sites for hydroxylation is 2. The van der Waals surface area contributed by atoms with Crippen LogP contribution in [0.2, 0.25) is 0 Å². The minimum atomic E-state index is -1.33. The van der Waals surface area contributed by atoms with Crippen LogP contribution < -0.4 is 5.11 Å². The largest absolute Gasteiger partial charge is 0.544 e. The predicted molar refractivity (Wildman–Crippen MR) is 61.3 cm³/mol. The summed E-state index contributed by atoms with van der Waals surface area (Å²) in [7, 11) is 0. The molecule has 0 fully saturated rings. The molecule has 18 heavy (non-hydrogen) atoms. The van der Waals surface area contributed by atoms with Gasteiger partial charge in [0.2, 0.25) is 5.89 Å². The first kappa shape index (κ1) is 12.4. The molecule has 0 unspecified atom stereocenters. The molecule has 2 aromatic rings. The van der Waals surface area contributed by atoms with Gasteiger partial charge in [0.1, 0.15) is 11.5 Å². The van der Waals surface area contributed by atoms with Crippen LogP contribution in [0.1, 0.15) is 17.4 Å². The van der Waals surface area contributed by atoms with Gasteiger partial charge in [-0.2, -0.15) is 0 Å². The van der Waals surface area contributed by atoms with Crippen LogP contribution in [0.15, 0.2) is 31.1 Å². The van der Waals surface area contributed by atoms with Crippen LogP contribution in [-0.2, 0) is 4.79 Å². The first-order valence-electron chi connectivity index (χ1n) is 5.02. The monoisotopic (exact) mass is 265 g/mol.